The number of hydrogen-bond donors (Lipinski definition) is 1. The number of rotatable bonds is 5. The highest BCUT2D eigenvalue weighted by Crippen LogP contribution is 2.36. The van der Waals surface area contributed by atoms with Crippen molar-refractivity contribution in [3.63, 3.8) is 0 Å². The minimum atomic E-state index is -1.04. The summed E-state index contributed by atoms with van der Waals surface area (Å²) in [6.07, 6.45) is 6.41. The average molecular weight is 343 g/mol. The second kappa shape index (κ2) is 7.72. The summed E-state index contributed by atoms with van der Waals surface area (Å²) in [7, 11) is 1.58. The first-order chi connectivity index (χ1) is 12.1. The molecule has 1 aromatic carbocycles. The number of carboxylic acids is 1. The Hall–Kier alpha value is -2.30. The number of nitrogens with zero attached hydrogens (tertiary/aromatic N) is 1. The highest BCUT2D eigenvalue weighted by Gasteiger charge is 2.36. The van der Waals surface area contributed by atoms with Gasteiger partial charge >= 0.3 is 5.97 Å². The molecule has 25 heavy (non-hydrogen) atoms. The quantitative estimate of drug-likeness (QED) is 0.834. The zero-order valence-corrected chi connectivity index (χ0v) is 14.6. The smallest absolute Gasteiger partial charge is 0.332 e. The second-order valence-corrected chi connectivity index (χ2v) is 7.03. The summed E-state index contributed by atoms with van der Waals surface area (Å²) in [4.78, 5) is 26.0. The molecule has 2 fully saturated rings. The Morgan fingerprint density at radius 2 is 1.76 bits per heavy atom. The number of carboxylic acid groups (broad SMARTS) is 1. The molecule has 0 aromatic heterocycles. The fourth-order valence-electron chi connectivity index (χ4n) is 3.97. The fraction of sp³-hybridized carbons (Fsp3) is 0.500. The van der Waals surface area contributed by atoms with Crippen molar-refractivity contribution in [3.05, 3.63) is 35.4 Å². The van der Waals surface area contributed by atoms with E-state index in [0.29, 0.717) is 17.6 Å². The predicted molar refractivity (Wildman–Crippen MR) is 95.3 cm³/mol. The monoisotopic (exact) mass is 343 g/mol. The summed E-state index contributed by atoms with van der Waals surface area (Å²) in [5.41, 5.74) is 0.881. The Morgan fingerprint density at radius 1 is 1.16 bits per heavy atom. The summed E-state index contributed by atoms with van der Waals surface area (Å²) in [6.45, 7) is 1.58. The molecule has 1 N–H and O–H groups in total. The van der Waals surface area contributed by atoms with Crippen molar-refractivity contribution >= 4 is 18.0 Å². The molecule has 2 atom stereocenters. The Balaban J connectivity index is 1.67. The molecule has 0 radical (unpaired) electrons. The number of amides is 1. The van der Waals surface area contributed by atoms with Crippen LogP contribution in [-0.2, 0) is 9.59 Å². The van der Waals surface area contributed by atoms with Gasteiger partial charge in [-0.05, 0) is 48.4 Å². The number of aliphatic carboxylic acids is 1. The summed E-state index contributed by atoms with van der Waals surface area (Å²) in [5.74, 6) is 0.815. The minimum Gasteiger partial charge on any atom is -0.497 e. The number of carbonyl (C=O) groups excluding carboxylic acids is 1. The number of fused-ring (bicyclic) bond motifs is 1. The molecule has 0 unspecified atom stereocenters. The van der Waals surface area contributed by atoms with Gasteiger partial charge in [-0.2, -0.15) is 0 Å². The number of benzene rings is 1. The molecule has 0 bridgehead atoms. The molecular weight excluding hydrogens is 318 g/mol. The molecule has 1 heterocycles. The van der Waals surface area contributed by atoms with E-state index >= 15 is 0 Å². The van der Waals surface area contributed by atoms with Crippen LogP contribution in [0.15, 0.2) is 29.8 Å². The Bertz CT molecular complexity index is 651. The summed E-state index contributed by atoms with van der Waals surface area (Å²) in [6, 6.07) is 7.13. The van der Waals surface area contributed by atoms with Crippen LogP contribution < -0.4 is 4.74 Å². The number of carbonyl (C=O) groups is 2. The van der Waals surface area contributed by atoms with Crippen LogP contribution in [0, 0.1) is 11.8 Å². The third-order valence-corrected chi connectivity index (χ3v) is 5.40. The van der Waals surface area contributed by atoms with Crippen LogP contribution >= 0.6 is 0 Å². The van der Waals surface area contributed by atoms with Gasteiger partial charge in [-0.15, -0.1) is 0 Å². The number of hydrogen-bond acceptors (Lipinski definition) is 3. The van der Waals surface area contributed by atoms with Crippen LogP contribution in [0.5, 0.6) is 5.75 Å². The SMILES string of the molecule is COc1ccc(C=C(CC(=O)N2C[C@H]3CCCC[C@H]3C2)C(=O)O)cc1. The molecule has 5 nitrogen and oxygen atoms in total. The average Bonchev–Trinajstić information content (AvgIpc) is 3.06. The zero-order valence-electron chi connectivity index (χ0n) is 14.6. The molecule has 134 valence electrons. The van der Waals surface area contributed by atoms with Crippen LogP contribution in [0.4, 0.5) is 0 Å². The number of likely N-dealkylation sites (tertiary alicyclic amines) is 1. The van der Waals surface area contributed by atoms with Crippen LogP contribution in [0.2, 0.25) is 0 Å². The summed E-state index contributed by atoms with van der Waals surface area (Å²) >= 11 is 0. The first kappa shape index (κ1) is 17.5. The van der Waals surface area contributed by atoms with E-state index in [-0.39, 0.29) is 17.9 Å². The maximum Gasteiger partial charge on any atom is 0.332 e. The molecule has 2 aliphatic rings. The normalized spacial score (nSPS) is 23.2. The van der Waals surface area contributed by atoms with Crippen molar-refractivity contribution in [2.75, 3.05) is 20.2 Å². The van der Waals surface area contributed by atoms with E-state index < -0.39 is 5.97 Å². The van der Waals surface area contributed by atoms with E-state index in [1.54, 1.807) is 37.5 Å². The van der Waals surface area contributed by atoms with Gasteiger partial charge in [-0.25, -0.2) is 4.79 Å². The zero-order chi connectivity index (χ0) is 17.8. The van der Waals surface area contributed by atoms with Crippen LogP contribution in [0.3, 0.4) is 0 Å². The molecule has 1 aliphatic heterocycles. The van der Waals surface area contributed by atoms with E-state index in [4.69, 9.17) is 4.74 Å². The van der Waals surface area contributed by atoms with Crippen molar-refractivity contribution in [1.82, 2.24) is 4.90 Å². The van der Waals surface area contributed by atoms with Gasteiger partial charge in [0, 0.05) is 18.7 Å². The lowest BCUT2D eigenvalue weighted by molar-refractivity contribution is -0.136. The van der Waals surface area contributed by atoms with Crippen molar-refractivity contribution in [3.8, 4) is 5.75 Å². The molecule has 1 saturated heterocycles. The molecule has 5 heteroatoms. The van der Waals surface area contributed by atoms with Gasteiger partial charge < -0.3 is 14.7 Å². The molecule has 1 amide bonds. The molecule has 1 aromatic rings. The summed E-state index contributed by atoms with van der Waals surface area (Å²) in [5, 5.41) is 9.47. The maximum atomic E-state index is 12.6. The van der Waals surface area contributed by atoms with Crippen LogP contribution in [-0.4, -0.2) is 42.1 Å². The second-order valence-electron chi connectivity index (χ2n) is 7.03. The van der Waals surface area contributed by atoms with E-state index in [1.807, 2.05) is 4.90 Å². The lowest BCUT2D eigenvalue weighted by atomic mass is 9.82. The van der Waals surface area contributed by atoms with Crippen LogP contribution in [0.1, 0.15) is 37.7 Å². The van der Waals surface area contributed by atoms with Gasteiger partial charge in [0.2, 0.25) is 5.91 Å². The minimum absolute atomic E-state index is 0.0548. The number of ether oxygens (including phenoxy) is 1. The van der Waals surface area contributed by atoms with Gasteiger partial charge in [0.25, 0.3) is 0 Å². The Kier molecular flexibility index (Phi) is 5.41. The fourth-order valence-corrected chi connectivity index (χ4v) is 3.97. The van der Waals surface area contributed by atoms with E-state index in [9.17, 15) is 14.7 Å². The lowest BCUT2D eigenvalue weighted by Crippen LogP contribution is -2.29. The molecule has 3 rings (SSSR count). The molecular formula is C20H25NO4. The van der Waals surface area contributed by atoms with Gasteiger partial charge in [-0.1, -0.05) is 25.0 Å². The van der Waals surface area contributed by atoms with Crippen molar-refractivity contribution < 1.29 is 19.4 Å². The highest BCUT2D eigenvalue weighted by atomic mass is 16.5. The van der Waals surface area contributed by atoms with Gasteiger partial charge in [0.05, 0.1) is 13.5 Å². The van der Waals surface area contributed by atoms with Crippen molar-refractivity contribution in [2.24, 2.45) is 11.8 Å². The van der Waals surface area contributed by atoms with Crippen molar-refractivity contribution in [1.29, 1.82) is 0 Å². The third-order valence-electron chi connectivity index (χ3n) is 5.40. The first-order valence-corrected chi connectivity index (χ1v) is 8.92. The Morgan fingerprint density at radius 3 is 2.28 bits per heavy atom. The molecule has 0 spiro atoms. The predicted octanol–water partition coefficient (Wildman–Crippen LogP) is 3.20. The summed E-state index contributed by atoms with van der Waals surface area (Å²) < 4.78 is 5.10. The van der Waals surface area contributed by atoms with Gasteiger partial charge in [0.15, 0.2) is 0 Å². The van der Waals surface area contributed by atoms with E-state index in [1.165, 1.54) is 25.7 Å². The molecule has 1 aliphatic carbocycles. The topological polar surface area (TPSA) is 66.8 Å². The standard InChI is InChI=1S/C20H25NO4/c1-25-18-8-6-14(7-9-18)10-17(20(23)24)11-19(22)21-12-15-4-2-3-5-16(15)13-21/h6-10,15-16H,2-5,11-13H2,1H3,(H,23,24)/t15-,16+. The highest BCUT2D eigenvalue weighted by molar-refractivity contribution is 5.98. The van der Waals surface area contributed by atoms with Gasteiger partial charge in [0.1, 0.15) is 5.75 Å². The Labute approximate surface area is 148 Å². The first-order valence-electron chi connectivity index (χ1n) is 8.92. The maximum absolute atomic E-state index is 12.6. The molecule has 1 saturated carbocycles. The number of methoxy groups -OCH3 is 1. The van der Waals surface area contributed by atoms with E-state index in [0.717, 1.165) is 18.7 Å². The largest absolute Gasteiger partial charge is 0.497 e. The third kappa shape index (κ3) is 4.21. The van der Waals surface area contributed by atoms with Gasteiger partial charge in [-0.3, -0.25) is 4.79 Å². The lowest BCUT2D eigenvalue weighted by Gasteiger charge is -2.22. The van der Waals surface area contributed by atoms with Crippen LogP contribution in [0.25, 0.3) is 6.08 Å². The van der Waals surface area contributed by atoms with Crippen molar-refractivity contribution in [2.45, 2.75) is 32.1 Å². The van der Waals surface area contributed by atoms with E-state index in [2.05, 4.69) is 0 Å².